The van der Waals surface area contributed by atoms with E-state index in [0.29, 0.717) is 11.2 Å². The maximum Gasteiger partial charge on any atom is 0.119 e. The first-order chi connectivity index (χ1) is 9.87. The summed E-state index contributed by atoms with van der Waals surface area (Å²) in [6, 6.07) is 6.27. The summed E-state index contributed by atoms with van der Waals surface area (Å²) in [5.74, 6) is 3.36. The van der Waals surface area contributed by atoms with Gasteiger partial charge >= 0.3 is 0 Å². The lowest BCUT2D eigenvalue weighted by molar-refractivity contribution is -0.00605. The molecule has 4 aliphatic carbocycles. The second-order valence-electron chi connectivity index (χ2n) is 9.15. The van der Waals surface area contributed by atoms with E-state index in [1.807, 2.05) is 6.07 Å². The van der Waals surface area contributed by atoms with Crippen LogP contribution in [0.3, 0.4) is 0 Å². The molecule has 1 nitrogen and oxygen atoms in total. The van der Waals surface area contributed by atoms with Crippen LogP contribution < -0.4 is 0 Å². The van der Waals surface area contributed by atoms with Crippen LogP contribution in [-0.4, -0.2) is 5.11 Å². The molecule has 0 heterocycles. The summed E-state index contributed by atoms with van der Waals surface area (Å²) in [5, 5.41) is 10.5. The Labute approximate surface area is 128 Å². The molecule has 0 radical (unpaired) electrons. The summed E-state index contributed by atoms with van der Waals surface area (Å²) in [6.45, 7) is 6.73. The van der Waals surface area contributed by atoms with Gasteiger partial charge in [-0.1, -0.05) is 32.9 Å². The van der Waals surface area contributed by atoms with Crippen molar-refractivity contribution in [2.75, 3.05) is 0 Å². The highest BCUT2D eigenvalue weighted by molar-refractivity contribution is 5.48. The van der Waals surface area contributed by atoms with Crippen LogP contribution in [-0.2, 0) is 10.8 Å². The first-order valence-corrected chi connectivity index (χ1v) is 8.70. The number of benzene rings is 1. The van der Waals surface area contributed by atoms with Crippen LogP contribution in [0.15, 0.2) is 18.2 Å². The molecule has 0 amide bonds. The molecule has 0 unspecified atom stereocenters. The van der Waals surface area contributed by atoms with E-state index in [2.05, 4.69) is 32.9 Å². The van der Waals surface area contributed by atoms with Gasteiger partial charge in [-0.05, 0) is 78.7 Å². The fourth-order valence-corrected chi connectivity index (χ4v) is 6.21. The van der Waals surface area contributed by atoms with E-state index in [0.717, 1.165) is 17.8 Å². The van der Waals surface area contributed by atoms with Crippen molar-refractivity contribution < 1.29 is 5.11 Å². The molecule has 1 aromatic rings. The summed E-state index contributed by atoms with van der Waals surface area (Å²) in [6.07, 6.45) is 8.53. The van der Waals surface area contributed by atoms with Gasteiger partial charge in [0.15, 0.2) is 0 Å². The van der Waals surface area contributed by atoms with E-state index >= 15 is 0 Å². The van der Waals surface area contributed by atoms with Gasteiger partial charge in [-0.25, -0.2) is 0 Å². The molecule has 0 atom stereocenters. The molecule has 1 heteroatoms. The molecule has 114 valence electrons. The Morgan fingerprint density at radius 2 is 1.48 bits per heavy atom. The summed E-state index contributed by atoms with van der Waals surface area (Å²) in [7, 11) is 0. The van der Waals surface area contributed by atoms with Crippen molar-refractivity contribution in [2.45, 2.75) is 70.1 Å². The Kier molecular flexibility index (Phi) is 2.78. The van der Waals surface area contributed by atoms with Crippen molar-refractivity contribution in [1.29, 1.82) is 0 Å². The van der Waals surface area contributed by atoms with Crippen molar-refractivity contribution in [3.63, 3.8) is 0 Å². The molecule has 4 bridgehead atoms. The number of phenols is 1. The number of hydrogen-bond donors (Lipinski definition) is 1. The van der Waals surface area contributed by atoms with E-state index < -0.39 is 0 Å². The second-order valence-corrected chi connectivity index (χ2v) is 9.15. The number of hydrogen-bond acceptors (Lipinski definition) is 1. The van der Waals surface area contributed by atoms with Crippen LogP contribution in [0.25, 0.3) is 0 Å². The van der Waals surface area contributed by atoms with Gasteiger partial charge in [0, 0.05) is 5.56 Å². The lowest BCUT2D eigenvalue weighted by Gasteiger charge is -2.58. The zero-order valence-electron chi connectivity index (χ0n) is 13.7. The van der Waals surface area contributed by atoms with Crippen molar-refractivity contribution >= 4 is 0 Å². The third kappa shape index (κ3) is 2.04. The number of phenolic OH excluding ortho intramolecular Hbond substituents is 1. The van der Waals surface area contributed by atoms with Crippen LogP contribution in [0.4, 0.5) is 0 Å². The van der Waals surface area contributed by atoms with Crippen LogP contribution in [0.2, 0.25) is 0 Å². The first kappa shape index (κ1) is 13.7. The van der Waals surface area contributed by atoms with Gasteiger partial charge in [0.25, 0.3) is 0 Å². The third-order valence-electron chi connectivity index (χ3n) is 6.40. The van der Waals surface area contributed by atoms with Crippen molar-refractivity contribution in [3.05, 3.63) is 29.3 Å². The fraction of sp³-hybridized carbons (Fsp3) is 0.700. The average Bonchev–Trinajstić information content (AvgIpc) is 2.35. The largest absolute Gasteiger partial charge is 0.508 e. The minimum atomic E-state index is 0.0179. The number of aromatic hydroxyl groups is 1. The van der Waals surface area contributed by atoms with Crippen molar-refractivity contribution in [3.8, 4) is 5.75 Å². The highest BCUT2D eigenvalue weighted by Gasteiger charge is 2.52. The standard InChI is InChI=1S/C20H28O/c1-19(2,3)18-16(5-4-6-17(18)21)20-10-13-7-14(11-20)9-15(8-13)12-20/h4-6,13-15,21H,7-12H2,1-3H3. The van der Waals surface area contributed by atoms with Gasteiger partial charge in [0.05, 0.1) is 0 Å². The Hall–Kier alpha value is -0.980. The molecule has 5 rings (SSSR count). The zero-order chi connectivity index (χ0) is 14.8. The Morgan fingerprint density at radius 1 is 0.952 bits per heavy atom. The van der Waals surface area contributed by atoms with E-state index in [9.17, 15) is 5.11 Å². The summed E-state index contributed by atoms with van der Waals surface area (Å²) < 4.78 is 0. The summed E-state index contributed by atoms with van der Waals surface area (Å²) >= 11 is 0. The van der Waals surface area contributed by atoms with E-state index in [-0.39, 0.29) is 5.41 Å². The van der Waals surface area contributed by atoms with Crippen LogP contribution in [0, 0.1) is 17.8 Å². The molecule has 0 saturated heterocycles. The Balaban J connectivity index is 1.86. The van der Waals surface area contributed by atoms with Crippen molar-refractivity contribution in [1.82, 2.24) is 0 Å². The Bertz CT molecular complexity index is 528. The summed E-state index contributed by atoms with van der Waals surface area (Å²) in [4.78, 5) is 0. The molecule has 4 aliphatic rings. The summed E-state index contributed by atoms with van der Waals surface area (Å²) in [5.41, 5.74) is 3.08. The van der Waals surface area contributed by atoms with E-state index in [1.165, 1.54) is 49.7 Å². The van der Waals surface area contributed by atoms with Gasteiger partial charge in [-0.15, -0.1) is 0 Å². The smallest absolute Gasteiger partial charge is 0.119 e. The van der Waals surface area contributed by atoms with Gasteiger partial charge < -0.3 is 5.11 Å². The third-order valence-corrected chi connectivity index (χ3v) is 6.40. The minimum absolute atomic E-state index is 0.0179. The molecule has 4 fully saturated rings. The highest BCUT2D eigenvalue weighted by atomic mass is 16.3. The maximum absolute atomic E-state index is 10.5. The molecule has 1 aromatic carbocycles. The average molecular weight is 284 g/mol. The topological polar surface area (TPSA) is 20.2 Å². The molecular formula is C20H28O. The van der Waals surface area contributed by atoms with Crippen molar-refractivity contribution in [2.24, 2.45) is 17.8 Å². The zero-order valence-corrected chi connectivity index (χ0v) is 13.7. The lowest BCUT2D eigenvalue weighted by atomic mass is 9.47. The van der Waals surface area contributed by atoms with Gasteiger partial charge in [-0.2, -0.15) is 0 Å². The van der Waals surface area contributed by atoms with Gasteiger partial charge in [0.1, 0.15) is 5.75 Å². The lowest BCUT2D eigenvalue weighted by Crippen LogP contribution is -2.49. The second kappa shape index (κ2) is 4.27. The monoisotopic (exact) mass is 284 g/mol. The number of rotatable bonds is 1. The SMILES string of the molecule is CC(C)(C)c1c(O)cccc1C12CC3CC(CC(C3)C1)C2. The molecule has 0 aliphatic heterocycles. The predicted molar refractivity (Wildman–Crippen MR) is 86.7 cm³/mol. The van der Waals surface area contributed by atoms with E-state index in [4.69, 9.17) is 0 Å². The minimum Gasteiger partial charge on any atom is -0.508 e. The quantitative estimate of drug-likeness (QED) is 0.755. The van der Waals surface area contributed by atoms with Crippen LogP contribution in [0.1, 0.15) is 70.4 Å². The first-order valence-electron chi connectivity index (χ1n) is 8.70. The normalized spacial score (nSPS) is 38.0. The molecular weight excluding hydrogens is 256 g/mol. The van der Waals surface area contributed by atoms with Gasteiger partial charge in [-0.3, -0.25) is 0 Å². The van der Waals surface area contributed by atoms with E-state index in [1.54, 1.807) is 0 Å². The van der Waals surface area contributed by atoms with Gasteiger partial charge in [0.2, 0.25) is 0 Å². The molecule has 0 aromatic heterocycles. The molecule has 1 N–H and O–H groups in total. The molecule has 4 saturated carbocycles. The Morgan fingerprint density at radius 3 is 1.95 bits per heavy atom. The molecule has 0 spiro atoms. The van der Waals surface area contributed by atoms with Crippen LogP contribution >= 0.6 is 0 Å². The predicted octanol–water partition coefficient (Wildman–Crippen LogP) is 5.16. The fourth-order valence-electron chi connectivity index (χ4n) is 6.21. The molecule has 21 heavy (non-hydrogen) atoms. The highest BCUT2D eigenvalue weighted by Crippen LogP contribution is 2.62. The van der Waals surface area contributed by atoms with Crippen LogP contribution in [0.5, 0.6) is 5.75 Å². The maximum atomic E-state index is 10.5.